The van der Waals surface area contributed by atoms with Crippen LogP contribution in [-0.2, 0) is 44.8 Å². The Kier molecular flexibility index (Phi) is 16.9. The second kappa shape index (κ2) is 19.1. The molecule has 0 atom stereocenters. The van der Waals surface area contributed by atoms with Crippen LogP contribution in [0.2, 0.25) is 0 Å². The molecule has 4 heteroatoms. The molecule has 0 saturated heterocycles. The average Bonchev–Trinajstić information content (AvgIpc) is 3.04. The van der Waals surface area contributed by atoms with Crippen LogP contribution in [0, 0.1) is 24.7 Å². The van der Waals surface area contributed by atoms with Crippen molar-refractivity contribution in [3.63, 3.8) is 0 Å². The van der Waals surface area contributed by atoms with Crippen LogP contribution in [0.25, 0.3) is 43.1 Å². The molecular weight excluding hydrogens is 1040 g/mol. The molecule has 0 N–H and O–H groups in total. The maximum absolute atomic E-state index is 7.46. The van der Waals surface area contributed by atoms with Crippen LogP contribution in [0.15, 0.2) is 109 Å². The molecule has 0 amide bonds. The molecule has 6 rings (SSSR count). The Hall–Kier alpha value is -2.18. The minimum atomic E-state index is -0.394. The number of hydrogen-bond acceptors (Lipinski definition) is 0. The second-order valence-corrected chi connectivity index (χ2v) is 27.1. The fraction of sp³-hybridized carbons (Fsp3) is 0.347. The van der Waals surface area contributed by atoms with Crippen molar-refractivity contribution in [2.24, 2.45) is 0 Å². The van der Waals surface area contributed by atoms with Gasteiger partial charge in [0.1, 0.15) is 0 Å². The van der Waals surface area contributed by atoms with Crippen LogP contribution in [0.1, 0.15) is 94.2 Å². The summed E-state index contributed by atoms with van der Waals surface area (Å²) in [6, 6.07) is 36.8. The Morgan fingerprint density at radius 1 is 0.396 bits per heavy atom. The summed E-state index contributed by atoms with van der Waals surface area (Å²) in [5, 5.41) is 11.0. The Morgan fingerprint density at radius 2 is 0.604 bits per heavy atom. The minimum Gasteiger partial charge on any atom is -0.366 e. The summed E-state index contributed by atoms with van der Waals surface area (Å²) < 4.78 is 0. The first-order valence-corrected chi connectivity index (χ1v) is 21.6. The van der Waals surface area contributed by atoms with Gasteiger partial charge >= 0.3 is 44.8 Å². The molecule has 0 aliphatic heterocycles. The van der Waals surface area contributed by atoms with E-state index < -0.39 is 15.8 Å². The molecule has 0 heterocycles. The summed E-state index contributed by atoms with van der Waals surface area (Å²) in [4.78, 5) is 0. The van der Waals surface area contributed by atoms with Crippen LogP contribution in [0.4, 0.5) is 0 Å². The van der Waals surface area contributed by atoms with Crippen LogP contribution in [-0.4, -0.2) is 26.5 Å². The molecule has 6 aromatic carbocycles. The third-order valence-corrected chi connectivity index (χ3v) is 19.8. The predicted molar refractivity (Wildman–Crippen MR) is 236 cm³/mol. The van der Waals surface area contributed by atoms with E-state index in [0.29, 0.717) is 20.6 Å². The van der Waals surface area contributed by atoms with Crippen molar-refractivity contribution >= 4 is 58.9 Å². The molecule has 6 aromatic rings. The van der Waals surface area contributed by atoms with Gasteiger partial charge in [-0.15, -0.1) is 11.1 Å². The van der Waals surface area contributed by atoms with Gasteiger partial charge in [0, 0.05) is 15.8 Å². The van der Waals surface area contributed by atoms with E-state index >= 15 is 0 Å². The molecule has 0 saturated carbocycles. The Morgan fingerprint density at radius 3 is 0.792 bits per heavy atom. The zero-order valence-electron chi connectivity index (χ0n) is 33.7. The third kappa shape index (κ3) is 11.9. The Balaban J connectivity index is 0.000000270. The van der Waals surface area contributed by atoms with Crippen LogP contribution < -0.4 is 0 Å². The topological polar surface area (TPSA) is 0 Å². The molecule has 0 bridgehead atoms. The van der Waals surface area contributed by atoms with Crippen molar-refractivity contribution in [3.05, 3.63) is 133 Å². The maximum Gasteiger partial charge on any atom is 1.00 e. The molecule has 0 radical (unpaired) electrons. The van der Waals surface area contributed by atoms with E-state index in [9.17, 15) is 0 Å². The van der Waals surface area contributed by atoms with Crippen molar-refractivity contribution in [1.29, 1.82) is 0 Å². The van der Waals surface area contributed by atoms with Crippen molar-refractivity contribution in [2.45, 2.75) is 104 Å². The summed E-state index contributed by atoms with van der Waals surface area (Å²) in [7, 11) is -0.788. The third-order valence-electron chi connectivity index (χ3n) is 9.77. The summed E-state index contributed by atoms with van der Waals surface area (Å²) in [6.45, 7) is 29.6. The van der Waals surface area contributed by atoms with Crippen LogP contribution in [0.5, 0.6) is 0 Å². The van der Waals surface area contributed by atoms with Gasteiger partial charge in [-0.2, -0.15) is 0 Å². The predicted octanol–water partition coefficient (Wildman–Crippen LogP) is 14.4. The monoisotopic (exact) mass is 1100 g/mol. The molecule has 0 nitrogen and oxygen atoms in total. The van der Waals surface area contributed by atoms with Gasteiger partial charge in [-0.1, -0.05) is 119 Å². The first kappa shape index (κ1) is 47.0. The second-order valence-electron chi connectivity index (χ2n) is 17.8. The molecule has 284 valence electrons. The summed E-state index contributed by atoms with van der Waals surface area (Å²) >= 11 is 0. The van der Waals surface area contributed by atoms with Crippen molar-refractivity contribution < 1.29 is 44.8 Å². The minimum absolute atomic E-state index is 0. The zero-order chi connectivity index (χ0) is 37.8. The quantitative estimate of drug-likeness (QED) is 0.0533. The molecule has 0 spiro atoms. The standard InChI is InChI=1S/C17H38P2.2C16H9.2Au/c1-14(2,3)18(15(4,5)6)13-19(16(7,8)9)17(10,11)12;2*1-2-14-15-9-5-3-7-12(15)11-13-8-4-6-10-16(13)14;;/h13H2,1-12H3;2*3-11H;;/q;2*-1;2*+1/p+2. The van der Waals surface area contributed by atoms with E-state index in [1.54, 1.807) is 0 Å². The average molecular weight is 1100 g/mol. The zero-order valence-corrected chi connectivity index (χ0v) is 40.0. The van der Waals surface area contributed by atoms with E-state index in [1.165, 1.54) is 5.90 Å². The van der Waals surface area contributed by atoms with Gasteiger partial charge in [-0.3, -0.25) is 11.8 Å². The molecule has 0 aliphatic rings. The summed E-state index contributed by atoms with van der Waals surface area (Å²) in [5.41, 5.74) is 1.77. The van der Waals surface area contributed by atoms with Gasteiger partial charge in [0.05, 0.1) is 20.6 Å². The molecule has 53 heavy (non-hydrogen) atoms. The van der Waals surface area contributed by atoms with E-state index in [0.717, 1.165) is 54.2 Å². The molecule has 0 unspecified atom stereocenters. The number of rotatable bonds is 2. The fourth-order valence-electron chi connectivity index (χ4n) is 7.78. The largest absolute Gasteiger partial charge is 1.00 e. The summed E-state index contributed by atoms with van der Waals surface area (Å²) in [5.74, 6) is 6.65. The van der Waals surface area contributed by atoms with Gasteiger partial charge in [0.15, 0.2) is 5.90 Å². The first-order valence-electron chi connectivity index (χ1n) is 18.2. The first-order chi connectivity index (χ1) is 23.8. The molecular formula is C49H58Au2P2+2. The van der Waals surface area contributed by atoms with Crippen molar-refractivity contribution in [3.8, 4) is 11.8 Å². The van der Waals surface area contributed by atoms with Crippen LogP contribution in [0.3, 0.4) is 0 Å². The maximum atomic E-state index is 7.46. The molecule has 0 aliphatic carbocycles. The van der Waals surface area contributed by atoms with Gasteiger partial charge < -0.3 is 12.8 Å². The Labute approximate surface area is 355 Å². The SMILES string of the molecule is CC(C)(C)[PH+](C[PH+](C(C)(C)C)C(C)(C)C)C(C)(C)C.[Au+].[Au+].[C-]#Cc1c2ccccc2cc2ccccc12.[C-]#Cc1c2ccccc2cc2ccccc12. The van der Waals surface area contributed by atoms with Crippen molar-refractivity contribution in [1.82, 2.24) is 0 Å². The summed E-state index contributed by atoms with van der Waals surface area (Å²) in [6.07, 6.45) is 14.9. The van der Waals surface area contributed by atoms with E-state index in [4.69, 9.17) is 12.8 Å². The fourth-order valence-corrected chi connectivity index (χ4v) is 22.2. The van der Waals surface area contributed by atoms with Gasteiger partial charge in [0.2, 0.25) is 0 Å². The van der Waals surface area contributed by atoms with Gasteiger partial charge in [-0.05, 0) is 117 Å². The number of benzene rings is 6. The van der Waals surface area contributed by atoms with Gasteiger partial charge in [-0.25, -0.2) is 0 Å². The van der Waals surface area contributed by atoms with E-state index in [-0.39, 0.29) is 44.8 Å². The van der Waals surface area contributed by atoms with Crippen LogP contribution >= 0.6 is 15.8 Å². The normalized spacial score (nSPS) is 11.8. The number of fused-ring (bicyclic) bond motifs is 4. The van der Waals surface area contributed by atoms with Gasteiger partial charge in [0.25, 0.3) is 0 Å². The smallest absolute Gasteiger partial charge is 0.366 e. The number of hydrogen-bond donors (Lipinski definition) is 0. The molecule has 0 fully saturated rings. The van der Waals surface area contributed by atoms with Crippen molar-refractivity contribution in [2.75, 3.05) is 5.90 Å². The van der Waals surface area contributed by atoms with E-state index in [1.807, 2.05) is 72.8 Å². The Bertz CT molecular complexity index is 1910. The van der Waals surface area contributed by atoms with E-state index in [2.05, 4.69) is 131 Å². The molecule has 0 aromatic heterocycles.